The molecule has 0 heterocycles. The molecule has 16 heavy (non-hydrogen) atoms. The Balaban J connectivity index is 3.16. The largest absolute Gasteiger partial charge is 0.496 e. The van der Waals surface area contributed by atoms with Crippen molar-refractivity contribution in [2.24, 2.45) is 0 Å². The quantitative estimate of drug-likeness (QED) is 0.830. The van der Waals surface area contributed by atoms with E-state index in [0.29, 0.717) is 6.42 Å². The Kier molecular flexibility index (Phi) is 4.36. The fourth-order valence-corrected chi connectivity index (χ4v) is 1.76. The summed E-state index contributed by atoms with van der Waals surface area (Å²) in [6.07, 6.45) is 1.77. The van der Waals surface area contributed by atoms with Gasteiger partial charge in [0.2, 0.25) is 0 Å². The van der Waals surface area contributed by atoms with Crippen LogP contribution in [-0.2, 0) is 11.8 Å². The number of aliphatic hydroxyl groups excluding tert-OH is 1. The molecule has 0 saturated carbocycles. The van der Waals surface area contributed by atoms with Crippen LogP contribution in [0.3, 0.4) is 0 Å². The molecule has 2 nitrogen and oxygen atoms in total. The van der Waals surface area contributed by atoms with E-state index >= 15 is 0 Å². The monoisotopic (exact) mass is 222 g/mol. The minimum Gasteiger partial charge on any atom is -0.496 e. The zero-order valence-corrected chi connectivity index (χ0v) is 10.7. The van der Waals surface area contributed by atoms with Crippen molar-refractivity contribution in [2.45, 2.75) is 39.0 Å². The van der Waals surface area contributed by atoms with E-state index in [4.69, 9.17) is 9.84 Å². The van der Waals surface area contributed by atoms with Gasteiger partial charge in [-0.15, -0.1) is 0 Å². The van der Waals surface area contributed by atoms with Gasteiger partial charge in [-0.1, -0.05) is 32.9 Å². The first-order valence-electron chi connectivity index (χ1n) is 5.83. The highest BCUT2D eigenvalue weighted by Gasteiger charge is 2.22. The molecule has 0 atom stereocenters. The minimum atomic E-state index is 0.108. The summed E-state index contributed by atoms with van der Waals surface area (Å²) >= 11 is 0. The van der Waals surface area contributed by atoms with Gasteiger partial charge in [-0.2, -0.15) is 0 Å². The summed E-state index contributed by atoms with van der Waals surface area (Å²) < 4.78 is 5.40. The fraction of sp³-hybridized carbons (Fsp3) is 0.571. The van der Waals surface area contributed by atoms with Crippen LogP contribution in [-0.4, -0.2) is 18.8 Å². The Hall–Kier alpha value is -1.02. The summed E-state index contributed by atoms with van der Waals surface area (Å²) in [7, 11) is 1.70. The molecule has 1 aromatic rings. The van der Waals surface area contributed by atoms with E-state index in [1.165, 1.54) is 11.1 Å². The Morgan fingerprint density at radius 3 is 2.50 bits per heavy atom. The van der Waals surface area contributed by atoms with E-state index in [1.54, 1.807) is 7.11 Å². The fourth-order valence-electron chi connectivity index (χ4n) is 1.76. The number of methoxy groups -OCH3 is 1. The predicted octanol–water partition coefficient (Wildman–Crippen LogP) is 2.92. The van der Waals surface area contributed by atoms with Crippen molar-refractivity contribution < 1.29 is 9.84 Å². The van der Waals surface area contributed by atoms with Gasteiger partial charge < -0.3 is 9.84 Å². The summed E-state index contributed by atoms with van der Waals surface area (Å²) in [5.74, 6) is 0.938. The SMILES string of the molecule is CCC(C)(C)c1cc(CCO)ccc1OC. The van der Waals surface area contributed by atoms with Crippen molar-refractivity contribution in [3.05, 3.63) is 29.3 Å². The molecular weight excluding hydrogens is 200 g/mol. The molecule has 1 aromatic carbocycles. The van der Waals surface area contributed by atoms with Gasteiger partial charge in [-0.25, -0.2) is 0 Å². The van der Waals surface area contributed by atoms with Crippen molar-refractivity contribution in [3.63, 3.8) is 0 Å². The third-order valence-corrected chi connectivity index (χ3v) is 3.28. The lowest BCUT2D eigenvalue weighted by Gasteiger charge is -2.26. The zero-order valence-electron chi connectivity index (χ0n) is 10.7. The maximum Gasteiger partial charge on any atom is 0.122 e. The molecule has 0 aliphatic heterocycles. The molecule has 0 radical (unpaired) electrons. The molecule has 0 aliphatic carbocycles. The molecule has 0 amide bonds. The lowest BCUT2D eigenvalue weighted by molar-refractivity contribution is 0.299. The lowest BCUT2D eigenvalue weighted by atomic mass is 9.81. The van der Waals surface area contributed by atoms with E-state index < -0.39 is 0 Å². The molecule has 0 aromatic heterocycles. The molecule has 0 unspecified atom stereocenters. The molecule has 2 heteroatoms. The van der Waals surface area contributed by atoms with Crippen LogP contribution in [0.2, 0.25) is 0 Å². The van der Waals surface area contributed by atoms with Crippen LogP contribution in [0.5, 0.6) is 5.75 Å². The summed E-state index contributed by atoms with van der Waals surface area (Å²) in [6, 6.07) is 6.17. The second-order valence-electron chi connectivity index (χ2n) is 4.75. The highest BCUT2D eigenvalue weighted by molar-refractivity contribution is 5.42. The molecule has 1 N–H and O–H groups in total. The average Bonchev–Trinajstić information content (AvgIpc) is 2.29. The van der Waals surface area contributed by atoms with E-state index in [0.717, 1.165) is 12.2 Å². The van der Waals surface area contributed by atoms with Gasteiger partial charge in [0.15, 0.2) is 0 Å². The number of aliphatic hydroxyl groups is 1. The summed E-state index contributed by atoms with van der Waals surface area (Å²) in [5.41, 5.74) is 2.50. The van der Waals surface area contributed by atoms with Gasteiger partial charge in [0.1, 0.15) is 5.75 Å². The van der Waals surface area contributed by atoms with Crippen LogP contribution in [0.15, 0.2) is 18.2 Å². The third-order valence-electron chi connectivity index (χ3n) is 3.28. The van der Waals surface area contributed by atoms with Crippen LogP contribution in [0.25, 0.3) is 0 Å². The number of hydrogen-bond donors (Lipinski definition) is 1. The second kappa shape index (κ2) is 5.35. The van der Waals surface area contributed by atoms with Gasteiger partial charge in [0, 0.05) is 6.61 Å². The van der Waals surface area contributed by atoms with Crippen LogP contribution in [0.4, 0.5) is 0 Å². The van der Waals surface area contributed by atoms with Gasteiger partial charge in [0.05, 0.1) is 7.11 Å². The lowest BCUT2D eigenvalue weighted by Crippen LogP contribution is -2.17. The van der Waals surface area contributed by atoms with Crippen molar-refractivity contribution in [2.75, 3.05) is 13.7 Å². The van der Waals surface area contributed by atoms with Crippen LogP contribution < -0.4 is 4.74 Å². The van der Waals surface area contributed by atoms with E-state index in [2.05, 4.69) is 26.8 Å². The molecule has 1 rings (SSSR count). The molecule has 90 valence electrons. The van der Waals surface area contributed by atoms with Crippen molar-refractivity contribution in [1.29, 1.82) is 0 Å². The van der Waals surface area contributed by atoms with Crippen LogP contribution in [0, 0.1) is 0 Å². The van der Waals surface area contributed by atoms with E-state index in [1.807, 2.05) is 12.1 Å². The Bertz CT molecular complexity index is 343. The normalized spacial score (nSPS) is 11.6. The van der Waals surface area contributed by atoms with E-state index in [-0.39, 0.29) is 12.0 Å². The smallest absolute Gasteiger partial charge is 0.122 e. The molecule has 0 fully saturated rings. The highest BCUT2D eigenvalue weighted by Crippen LogP contribution is 2.34. The maximum absolute atomic E-state index is 8.97. The zero-order chi connectivity index (χ0) is 12.2. The average molecular weight is 222 g/mol. The molecule has 0 bridgehead atoms. The Morgan fingerprint density at radius 1 is 1.31 bits per heavy atom. The summed E-state index contributed by atoms with van der Waals surface area (Å²) in [5, 5.41) is 8.97. The Morgan fingerprint density at radius 2 is 2.00 bits per heavy atom. The standard InChI is InChI=1S/C14H22O2/c1-5-14(2,3)12-10-11(8-9-15)6-7-13(12)16-4/h6-7,10,15H,5,8-9H2,1-4H3. The van der Waals surface area contributed by atoms with Crippen molar-refractivity contribution >= 4 is 0 Å². The topological polar surface area (TPSA) is 29.5 Å². The minimum absolute atomic E-state index is 0.108. The number of benzene rings is 1. The first-order valence-corrected chi connectivity index (χ1v) is 5.83. The molecule has 0 saturated heterocycles. The number of ether oxygens (including phenoxy) is 1. The first kappa shape index (κ1) is 13.0. The van der Waals surface area contributed by atoms with Gasteiger partial charge >= 0.3 is 0 Å². The molecule has 0 aliphatic rings. The number of rotatable bonds is 5. The predicted molar refractivity (Wildman–Crippen MR) is 67.1 cm³/mol. The maximum atomic E-state index is 8.97. The molecule has 0 spiro atoms. The van der Waals surface area contributed by atoms with Crippen LogP contribution in [0.1, 0.15) is 38.3 Å². The van der Waals surface area contributed by atoms with E-state index in [9.17, 15) is 0 Å². The first-order chi connectivity index (χ1) is 7.55. The highest BCUT2D eigenvalue weighted by atomic mass is 16.5. The van der Waals surface area contributed by atoms with Crippen LogP contribution >= 0.6 is 0 Å². The second-order valence-corrected chi connectivity index (χ2v) is 4.75. The van der Waals surface area contributed by atoms with Gasteiger partial charge in [-0.05, 0) is 35.4 Å². The van der Waals surface area contributed by atoms with Gasteiger partial charge in [-0.3, -0.25) is 0 Å². The van der Waals surface area contributed by atoms with Crippen molar-refractivity contribution in [3.8, 4) is 5.75 Å². The number of hydrogen-bond acceptors (Lipinski definition) is 2. The molecular formula is C14H22O2. The third kappa shape index (κ3) is 2.76. The van der Waals surface area contributed by atoms with Crippen molar-refractivity contribution in [1.82, 2.24) is 0 Å². The summed E-state index contributed by atoms with van der Waals surface area (Å²) in [4.78, 5) is 0. The van der Waals surface area contributed by atoms with Gasteiger partial charge in [0.25, 0.3) is 0 Å². The summed E-state index contributed by atoms with van der Waals surface area (Å²) in [6.45, 7) is 6.80. The Labute approximate surface area is 98.3 Å².